The van der Waals surface area contributed by atoms with Crippen LogP contribution in [0, 0.1) is 0 Å². The van der Waals surface area contributed by atoms with Crippen LogP contribution < -0.4 is 10.6 Å². The lowest BCUT2D eigenvalue weighted by Crippen LogP contribution is -2.26. The second-order valence-electron chi connectivity index (χ2n) is 5.91. The highest BCUT2D eigenvalue weighted by atomic mass is 16.1. The average molecular weight is 322 g/mol. The number of rotatable bonds is 6. The van der Waals surface area contributed by atoms with Crippen molar-refractivity contribution in [3.63, 3.8) is 0 Å². The third-order valence-corrected chi connectivity index (χ3v) is 3.99. The predicted molar refractivity (Wildman–Crippen MR) is 90.7 cm³/mol. The lowest BCUT2D eigenvalue weighted by molar-refractivity contribution is 0.0952. The van der Waals surface area contributed by atoms with E-state index in [0.29, 0.717) is 30.5 Å². The van der Waals surface area contributed by atoms with Crippen molar-refractivity contribution in [2.24, 2.45) is 0 Å². The summed E-state index contributed by atoms with van der Waals surface area (Å²) in [5.74, 6) is 0.658. The number of nitrogens with zero attached hydrogens (tertiary/aromatic N) is 4. The van der Waals surface area contributed by atoms with Crippen LogP contribution >= 0.6 is 0 Å². The molecule has 4 rings (SSSR count). The number of fused-ring (bicyclic) bond motifs is 1. The largest absolute Gasteiger partial charge is 0.368 e. The molecule has 0 unspecified atom stereocenters. The Labute approximate surface area is 139 Å². The maximum absolute atomic E-state index is 12.5. The fourth-order valence-corrected chi connectivity index (χ4v) is 2.60. The summed E-state index contributed by atoms with van der Waals surface area (Å²) in [4.78, 5) is 17.1. The number of amides is 1. The Morgan fingerprint density at radius 2 is 2.17 bits per heavy atom. The zero-order valence-electron chi connectivity index (χ0n) is 13.1. The van der Waals surface area contributed by atoms with Crippen molar-refractivity contribution in [1.82, 2.24) is 25.3 Å². The van der Waals surface area contributed by atoms with E-state index in [2.05, 4.69) is 25.9 Å². The number of nitrogens with one attached hydrogen (secondary N) is 2. The molecular formula is C17H18N6O. The number of para-hydroxylation sites is 1. The summed E-state index contributed by atoms with van der Waals surface area (Å²) >= 11 is 0. The van der Waals surface area contributed by atoms with Gasteiger partial charge in [0, 0.05) is 24.2 Å². The predicted octanol–water partition coefficient (Wildman–Crippen LogP) is 1.83. The summed E-state index contributed by atoms with van der Waals surface area (Å²) in [7, 11) is 0. The maximum atomic E-state index is 12.5. The quantitative estimate of drug-likeness (QED) is 0.723. The molecule has 0 saturated heterocycles. The second kappa shape index (κ2) is 6.27. The van der Waals surface area contributed by atoms with Gasteiger partial charge in [0.05, 0.1) is 23.8 Å². The molecule has 122 valence electrons. The van der Waals surface area contributed by atoms with Gasteiger partial charge < -0.3 is 10.6 Å². The van der Waals surface area contributed by atoms with Crippen LogP contribution in [0.4, 0.5) is 5.82 Å². The molecule has 0 radical (unpaired) electrons. The molecule has 1 saturated carbocycles. The van der Waals surface area contributed by atoms with Gasteiger partial charge in [0.15, 0.2) is 0 Å². The van der Waals surface area contributed by atoms with Crippen molar-refractivity contribution < 1.29 is 4.79 Å². The molecule has 0 bridgehead atoms. The summed E-state index contributed by atoms with van der Waals surface area (Å²) in [5, 5.41) is 14.9. The average Bonchev–Trinajstić information content (AvgIpc) is 3.26. The van der Waals surface area contributed by atoms with E-state index in [1.54, 1.807) is 10.9 Å². The van der Waals surface area contributed by atoms with Crippen molar-refractivity contribution in [1.29, 1.82) is 0 Å². The molecule has 1 aromatic carbocycles. The second-order valence-corrected chi connectivity index (χ2v) is 5.91. The van der Waals surface area contributed by atoms with Crippen LogP contribution in [0.3, 0.4) is 0 Å². The van der Waals surface area contributed by atoms with E-state index in [1.807, 2.05) is 36.5 Å². The topological polar surface area (TPSA) is 84.7 Å². The molecule has 1 fully saturated rings. The molecule has 1 aliphatic carbocycles. The molecule has 0 atom stereocenters. The molecular weight excluding hydrogens is 304 g/mol. The van der Waals surface area contributed by atoms with E-state index in [4.69, 9.17) is 0 Å². The Hall–Kier alpha value is -2.96. The van der Waals surface area contributed by atoms with Crippen LogP contribution in [0.2, 0.25) is 0 Å². The molecule has 2 N–H and O–H groups in total. The highest BCUT2D eigenvalue weighted by Crippen LogP contribution is 2.23. The molecule has 0 spiro atoms. The van der Waals surface area contributed by atoms with Gasteiger partial charge in [0.1, 0.15) is 5.82 Å². The SMILES string of the molecule is O=C(NC1CC1)c1cc(NCCn2ccnn2)nc2ccccc12. The van der Waals surface area contributed by atoms with E-state index in [9.17, 15) is 4.79 Å². The Bertz CT molecular complexity index is 857. The minimum atomic E-state index is -0.0320. The van der Waals surface area contributed by atoms with Crippen LogP contribution in [0.1, 0.15) is 23.2 Å². The monoisotopic (exact) mass is 322 g/mol. The third-order valence-electron chi connectivity index (χ3n) is 3.99. The van der Waals surface area contributed by atoms with Gasteiger partial charge in [0.2, 0.25) is 0 Å². The molecule has 3 aromatic rings. The van der Waals surface area contributed by atoms with Gasteiger partial charge in [-0.1, -0.05) is 23.4 Å². The van der Waals surface area contributed by atoms with Crippen LogP contribution in [-0.4, -0.2) is 38.5 Å². The molecule has 1 aliphatic rings. The first-order valence-electron chi connectivity index (χ1n) is 8.08. The lowest BCUT2D eigenvalue weighted by Gasteiger charge is -2.11. The van der Waals surface area contributed by atoms with Crippen molar-refractivity contribution in [3.8, 4) is 0 Å². The smallest absolute Gasteiger partial charge is 0.252 e. The normalized spacial score (nSPS) is 13.8. The van der Waals surface area contributed by atoms with Gasteiger partial charge in [-0.15, -0.1) is 5.10 Å². The van der Waals surface area contributed by atoms with E-state index in [-0.39, 0.29) is 5.91 Å². The first-order chi connectivity index (χ1) is 11.8. The van der Waals surface area contributed by atoms with Crippen molar-refractivity contribution in [3.05, 3.63) is 48.3 Å². The number of carbonyl (C=O) groups excluding carboxylic acids is 1. The van der Waals surface area contributed by atoms with Gasteiger partial charge in [-0.25, -0.2) is 4.98 Å². The Morgan fingerprint density at radius 1 is 1.29 bits per heavy atom. The Morgan fingerprint density at radius 3 is 2.96 bits per heavy atom. The van der Waals surface area contributed by atoms with E-state index < -0.39 is 0 Å². The first-order valence-corrected chi connectivity index (χ1v) is 8.08. The van der Waals surface area contributed by atoms with E-state index in [1.165, 1.54) is 0 Å². The molecule has 2 aromatic heterocycles. The van der Waals surface area contributed by atoms with Gasteiger partial charge >= 0.3 is 0 Å². The lowest BCUT2D eigenvalue weighted by atomic mass is 10.1. The van der Waals surface area contributed by atoms with Crippen molar-refractivity contribution >= 4 is 22.6 Å². The summed E-state index contributed by atoms with van der Waals surface area (Å²) in [6.07, 6.45) is 5.59. The summed E-state index contributed by atoms with van der Waals surface area (Å²) in [6.45, 7) is 1.33. The maximum Gasteiger partial charge on any atom is 0.252 e. The Kier molecular flexibility index (Phi) is 3.82. The zero-order valence-corrected chi connectivity index (χ0v) is 13.1. The molecule has 0 aliphatic heterocycles. The van der Waals surface area contributed by atoms with Crippen LogP contribution in [0.25, 0.3) is 10.9 Å². The summed E-state index contributed by atoms with van der Waals surface area (Å²) < 4.78 is 1.74. The molecule has 1 amide bonds. The third kappa shape index (κ3) is 3.19. The molecule has 7 heteroatoms. The number of anilines is 1. The molecule has 7 nitrogen and oxygen atoms in total. The Balaban J connectivity index is 1.57. The number of hydrogen-bond acceptors (Lipinski definition) is 5. The highest BCUT2D eigenvalue weighted by molar-refractivity contribution is 6.07. The minimum Gasteiger partial charge on any atom is -0.368 e. The number of hydrogen-bond donors (Lipinski definition) is 2. The van der Waals surface area contributed by atoms with Gasteiger partial charge in [-0.2, -0.15) is 0 Å². The van der Waals surface area contributed by atoms with Crippen LogP contribution in [-0.2, 0) is 6.54 Å². The van der Waals surface area contributed by atoms with Crippen molar-refractivity contribution in [2.75, 3.05) is 11.9 Å². The van der Waals surface area contributed by atoms with E-state index >= 15 is 0 Å². The fraction of sp³-hybridized carbons (Fsp3) is 0.294. The standard InChI is InChI=1S/C17H18N6O/c24-17(20-12-5-6-12)14-11-16(18-7-9-23-10-8-19-22-23)21-15-4-2-1-3-13(14)15/h1-4,8,10-12H,5-7,9H2,(H,18,21)(H,20,24). The minimum absolute atomic E-state index is 0.0320. The van der Waals surface area contributed by atoms with Gasteiger partial charge in [-0.3, -0.25) is 9.48 Å². The van der Waals surface area contributed by atoms with E-state index in [0.717, 1.165) is 23.7 Å². The number of benzene rings is 1. The van der Waals surface area contributed by atoms with Crippen LogP contribution in [0.15, 0.2) is 42.7 Å². The molecule has 2 heterocycles. The van der Waals surface area contributed by atoms with Crippen molar-refractivity contribution in [2.45, 2.75) is 25.4 Å². The first kappa shape index (κ1) is 14.6. The number of carbonyl (C=O) groups is 1. The fourth-order valence-electron chi connectivity index (χ4n) is 2.60. The van der Waals surface area contributed by atoms with Gasteiger partial charge in [0.25, 0.3) is 5.91 Å². The van der Waals surface area contributed by atoms with Crippen LogP contribution in [0.5, 0.6) is 0 Å². The summed E-state index contributed by atoms with van der Waals surface area (Å²) in [5.41, 5.74) is 1.47. The zero-order chi connectivity index (χ0) is 16.4. The van der Waals surface area contributed by atoms with Gasteiger partial charge in [-0.05, 0) is 25.0 Å². The molecule has 24 heavy (non-hydrogen) atoms. The number of aromatic nitrogens is 4. The highest BCUT2D eigenvalue weighted by Gasteiger charge is 2.24. The summed E-state index contributed by atoms with van der Waals surface area (Å²) in [6, 6.07) is 9.86. The number of pyridine rings is 1.